The maximum absolute atomic E-state index is 4.77. The first-order valence-electron chi connectivity index (χ1n) is 7.27. The number of benzene rings is 1. The maximum atomic E-state index is 4.77. The van der Waals surface area contributed by atoms with Gasteiger partial charge in [0.1, 0.15) is 5.82 Å². The van der Waals surface area contributed by atoms with Crippen molar-refractivity contribution in [1.82, 2.24) is 14.9 Å². The second-order valence-corrected chi connectivity index (χ2v) is 7.25. The summed E-state index contributed by atoms with van der Waals surface area (Å²) in [6, 6.07) is 8.40. The number of imidazole rings is 1. The number of nitrogens with one attached hydrogen (secondary N) is 1. The lowest BCUT2D eigenvalue weighted by molar-refractivity contribution is 0.555. The number of hydrogen-bond acceptors (Lipinski definition) is 3. The summed E-state index contributed by atoms with van der Waals surface area (Å²) < 4.78 is 2.61. The highest BCUT2D eigenvalue weighted by Gasteiger charge is 2.16. The van der Waals surface area contributed by atoms with E-state index in [0.29, 0.717) is 0 Å². The lowest BCUT2D eigenvalue weighted by atomic mass is 10.2. The van der Waals surface area contributed by atoms with Gasteiger partial charge in [-0.25, -0.2) is 4.98 Å². The minimum Gasteiger partial charge on any atom is -0.327 e. The van der Waals surface area contributed by atoms with Crippen molar-refractivity contribution in [3.05, 3.63) is 30.1 Å². The lowest BCUT2D eigenvalue weighted by Crippen LogP contribution is -2.32. The summed E-state index contributed by atoms with van der Waals surface area (Å²) >= 11 is 1.89. The number of rotatable bonds is 7. The van der Waals surface area contributed by atoms with Gasteiger partial charge in [-0.3, -0.25) is 0 Å². The molecule has 0 spiro atoms. The van der Waals surface area contributed by atoms with E-state index in [4.69, 9.17) is 4.98 Å². The van der Waals surface area contributed by atoms with Crippen LogP contribution in [0.4, 0.5) is 0 Å². The zero-order valence-corrected chi connectivity index (χ0v) is 13.8. The van der Waals surface area contributed by atoms with E-state index in [1.54, 1.807) is 0 Å². The summed E-state index contributed by atoms with van der Waals surface area (Å²) in [5.41, 5.74) is 2.34. The molecule has 0 aliphatic rings. The van der Waals surface area contributed by atoms with Crippen molar-refractivity contribution in [3.8, 4) is 0 Å². The molecule has 1 aromatic carbocycles. The second-order valence-electron chi connectivity index (χ2n) is 5.74. The van der Waals surface area contributed by atoms with Gasteiger partial charge in [0, 0.05) is 17.8 Å². The first kappa shape index (κ1) is 15.4. The van der Waals surface area contributed by atoms with Gasteiger partial charge in [-0.2, -0.15) is 11.8 Å². The molecule has 4 heteroatoms. The third kappa shape index (κ3) is 3.55. The molecule has 0 atom stereocenters. The van der Waals surface area contributed by atoms with Crippen LogP contribution in [-0.4, -0.2) is 27.1 Å². The van der Waals surface area contributed by atoms with Gasteiger partial charge in [-0.1, -0.05) is 19.1 Å². The fourth-order valence-corrected chi connectivity index (χ4v) is 2.53. The normalized spacial score (nSPS) is 12.2. The Morgan fingerprint density at radius 1 is 1.30 bits per heavy atom. The van der Waals surface area contributed by atoms with Crippen molar-refractivity contribution in [2.45, 2.75) is 45.0 Å². The predicted molar refractivity (Wildman–Crippen MR) is 89.3 cm³/mol. The Kier molecular flexibility index (Phi) is 5.11. The predicted octanol–water partition coefficient (Wildman–Crippen LogP) is 3.68. The van der Waals surface area contributed by atoms with Crippen molar-refractivity contribution in [1.29, 1.82) is 0 Å². The van der Waals surface area contributed by atoms with E-state index in [2.05, 4.69) is 61.2 Å². The van der Waals surface area contributed by atoms with E-state index in [1.165, 1.54) is 5.52 Å². The molecule has 2 rings (SSSR count). The monoisotopic (exact) mass is 291 g/mol. The average Bonchev–Trinajstić information content (AvgIpc) is 2.78. The number of aromatic nitrogens is 2. The fraction of sp³-hybridized carbons (Fsp3) is 0.562. The highest BCUT2D eigenvalue weighted by Crippen LogP contribution is 2.20. The van der Waals surface area contributed by atoms with Crippen molar-refractivity contribution in [3.63, 3.8) is 0 Å². The number of thioether (sulfide) groups is 1. The first-order chi connectivity index (χ1) is 9.57. The van der Waals surface area contributed by atoms with Crippen LogP contribution >= 0.6 is 11.8 Å². The fourth-order valence-electron chi connectivity index (χ4n) is 2.28. The molecule has 0 amide bonds. The van der Waals surface area contributed by atoms with Crippen molar-refractivity contribution >= 4 is 22.8 Å². The van der Waals surface area contributed by atoms with E-state index in [1.807, 2.05) is 11.8 Å². The summed E-state index contributed by atoms with van der Waals surface area (Å²) in [5.74, 6) is 1.14. The Bertz CT molecular complexity index is 560. The molecule has 1 aromatic heterocycles. The van der Waals surface area contributed by atoms with Crippen molar-refractivity contribution < 1.29 is 0 Å². The molecule has 0 unspecified atom stereocenters. The van der Waals surface area contributed by atoms with Gasteiger partial charge >= 0.3 is 0 Å². The standard InChI is InChI=1S/C16H25N3S/c1-5-10-19-14-9-7-6-8-13(14)18-15(19)11-17-12-16(2,3)20-4/h6-9,17H,5,10-12H2,1-4H3. The van der Waals surface area contributed by atoms with Crippen LogP contribution in [0.25, 0.3) is 11.0 Å². The minimum absolute atomic E-state index is 0.265. The maximum Gasteiger partial charge on any atom is 0.123 e. The second kappa shape index (κ2) is 6.64. The third-order valence-corrected chi connectivity index (χ3v) is 4.82. The smallest absolute Gasteiger partial charge is 0.123 e. The molecule has 3 nitrogen and oxygen atoms in total. The van der Waals surface area contributed by atoms with Crippen LogP contribution in [0.3, 0.4) is 0 Å². The highest BCUT2D eigenvalue weighted by atomic mass is 32.2. The van der Waals surface area contributed by atoms with Gasteiger partial charge in [-0.05, 0) is 38.7 Å². The Labute approximate surface area is 126 Å². The van der Waals surface area contributed by atoms with Gasteiger partial charge in [0.05, 0.1) is 17.6 Å². The Hall–Kier alpha value is -1.00. The molecule has 0 aliphatic heterocycles. The molecular weight excluding hydrogens is 266 g/mol. The average molecular weight is 291 g/mol. The molecule has 0 saturated carbocycles. The summed E-state index contributed by atoms with van der Waals surface area (Å²) in [6.07, 6.45) is 3.29. The van der Waals surface area contributed by atoms with Crippen LogP contribution in [-0.2, 0) is 13.1 Å². The van der Waals surface area contributed by atoms with E-state index >= 15 is 0 Å². The molecule has 110 valence electrons. The van der Waals surface area contributed by atoms with Gasteiger partial charge in [0.15, 0.2) is 0 Å². The molecule has 1 N–H and O–H groups in total. The van der Waals surface area contributed by atoms with Crippen LogP contribution < -0.4 is 5.32 Å². The van der Waals surface area contributed by atoms with Crippen LogP contribution in [0.1, 0.15) is 33.0 Å². The molecule has 1 heterocycles. The summed E-state index contributed by atoms with van der Waals surface area (Å²) in [7, 11) is 0. The molecule has 0 radical (unpaired) electrons. The number of hydrogen-bond donors (Lipinski definition) is 1. The minimum atomic E-state index is 0.265. The highest BCUT2D eigenvalue weighted by molar-refractivity contribution is 7.99. The summed E-state index contributed by atoms with van der Waals surface area (Å²) in [5, 5.41) is 3.55. The molecule has 0 saturated heterocycles. The van der Waals surface area contributed by atoms with Crippen LogP contribution in [0.15, 0.2) is 24.3 Å². The Morgan fingerprint density at radius 3 is 2.75 bits per heavy atom. The topological polar surface area (TPSA) is 29.9 Å². The van der Waals surface area contributed by atoms with Crippen molar-refractivity contribution in [2.24, 2.45) is 0 Å². The molecule has 20 heavy (non-hydrogen) atoms. The van der Waals surface area contributed by atoms with E-state index in [0.717, 1.165) is 37.4 Å². The lowest BCUT2D eigenvalue weighted by Gasteiger charge is -2.22. The van der Waals surface area contributed by atoms with Gasteiger partial charge < -0.3 is 9.88 Å². The van der Waals surface area contributed by atoms with Crippen LogP contribution in [0.2, 0.25) is 0 Å². The summed E-state index contributed by atoms with van der Waals surface area (Å²) in [4.78, 5) is 4.77. The zero-order chi connectivity index (χ0) is 14.6. The number of nitrogens with zero attached hydrogens (tertiary/aromatic N) is 2. The van der Waals surface area contributed by atoms with E-state index in [-0.39, 0.29) is 4.75 Å². The molecule has 0 aliphatic carbocycles. The quantitative estimate of drug-likeness (QED) is 0.844. The number of aryl methyl sites for hydroxylation is 1. The van der Waals surface area contributed by atoms with Gasteiger partial charge in [0.2, 0.25) is 0 Å². The van der Waals surface area contributed by atoms with Crippen molar-refractivity contribution in [2.75, 3.05) is 12.8 Å². The molecule has 2 aromatic rings. The van der Waals surface area contributed by atoms with Crippen LogP contribution in [0, 0.1) is 0 Å². The van der Waals surface area contributed by atoms with Crippen LogP contribution in [0.5, 0.6) is 0 Å². The number of fused-ring (bicyclic) bond motifs is 1. The van der Waals surface area contributed by atoms with E-state index < -0.39 is 0 Å². The van der Waals surface area contributed by atoms with E-state index in [9.17, 15) is 0 Å². The Morgan fingerprint density at radius 2 is 2.05 bits per heavy atom. The Balaban J connectivity index is 2.14. The van der Waals surface area contributed by atoms with Gasteiger partial charge in [-0.15, -0.1) is 0 Å². The first-order valence-corrected chi connectivity index (χ1v) is 8.50. The molecule has 0 bridgehead atoms. The largest absolute Gasteiger partial charge is 0.327 e. The summed E-state index contributed by atoms with van der Waals surface area (Å²) in [6.45, 7) is 9.59. The van der Waals surface area contributed by atoms with Gasteiger partial charge in [0.25, 0.3) is 0 Å². The zero-order valence-electron chi connectivity index (χ0n) is 12.9. The molecular formula is C16H25N3S. The molecule has 0 fully saturated rings. The number of para-hydroxylation sites is 2. The third-order valence-electron chi connectivity index (χ3n) is 3.57. The SMILES string of the molecule is CCCn1c(CNCC(C)(C)SC)nc2ccccc21.